The number of aryl methyl sites for hydroxylation is 1. The fraction of sp³-hybridized carbons (Fsp3) is 0.143. The molecule has 0 unspecified atom stereocenters. The Labute approximate surface area is 181 Å². The maximum absolute atomic E-state index is 13.1. The topological polar surface area (TPSA) is 72.7 Å². The summed E-state index contributed by atoms with van der Waals surface area (Å²) in [6, 6.07) is 14.1. The number of nitrogens with zero attached hydrogens (tertiary/aromatic N) is 4. The number of rotatable bonds is 6. The van der Waals surface area contributed by atoms with E-state index in [1.807, 2.05) is 48.2 Å². The maximum atomic E-state index is 13.1. The van der Waals surface area contributed by atoms with Gasteiger partial charge in [0.05, 0.1) is 11.4 Å². The molecule has 2 aromatic heterocycles. The zero-order valence-corrected chi connectivity index (χ0v) is 17.9. The summed E-state index contributed by atoms with van der Waals surface area (Å²) < 4.78 is 14.9. The Morgan fingerprint density at radius 1 is 1.17 bits per heavy atom. The lowest BCUT2D eigenvalue weighted by atomic mass is 10.1. The van der Waals surface area contributed by atoms with E-state index in [4.69, 9.17) is 0 Å². The minimum Gasteiger partial charge on any atom is -0.305 e. The average molecular weight is 440 g/mol. The number of carbonyl (C=O) groups is 1. The van der Waals surface area contributed by atoms with Gasteiger partial charge in [-0.2, -0.15) is 0 Å². The van der Waals surface area contributed by atoms with Crippen LogP contribution in [0.1, 0.15) is 5.56 Å². The van der Waals surface area contributed by atoms with E-state index in [1.165, 1.54) is 35.2 Å². The molecule has 2 aromatic carbocycles. The Balaban J connectivity index is 1.38. The van der Waals surface area contributed by atoms with Crippen LogP contribution in [0.4, 0.5) is 9.52 Å². The second-order valence-electron chi connectivity index (χ2n) is 6.56. The molecule has 1 N–H and O–H groups in total. The van der Waals surface area contributed by atoms with Gasteiger partial charge < -0.3 is 9.88 Å². The molecule has 4 rings (SSSR count). The van der Waals surface area contributed by atoms with Gasteiger partial charge in [-0.25, -0.2) is 9.37 Å². The second-order valence-corrected chi connectivity index (χ2v) is 8.36. The van der Waals surface area contributed by atoms with Gasteiger partial charge in [0.1, 0.15) is 5.82 Å². The number of thioether (sulfide) groups is 1. The van der Waals surface area contributed by atoms with E-state index >= 15 is 0 Å². The van der Waals surface area contributed by atoms with Crippen LogP contribution in [-0.2, 0) is 11.8 Å². The number of carbonyl (C=O) groups excluding carboxylic acids is 1. The van der Waals surface area contributed by atoms with E-state index in [0.29, 0.717) is 16.0 Å². The predicted octanol–water partition coefficient (Wildman–Crippen LogP) is 4.78. The highest BCUT2D eigenvalue weighted by Crippen LogP contribution is 2.27. The van der Waals surface area contributed by atoms with Crippen LogP contribution >= 0.6 is 23.1 Å². The lowest BCUT2D eigenvalue weighted by Crippen LogP contribution is -2.14. The molecule has 152 valence electrons. The first-order valence-corrected chi connectivity index (χ1v) is 11.0. The Hall–Kier alpha value is -3.04. The Morgan fingerprint density at radius 3 is 2.70 bits per heavy atom. The van der Waals surface area contributed by atoms with Crippen molar-refractivity contribution in [3.63, 3.8) is 0 Å². The quantitative estimate of drug-likeness (QED) is 0.438. The molecule has 4 aromatic rings. The minimum absolute atomic E-state index is 0.180. The van der Waals surface area contributed by atoms with Crippen LogP contribution in [0.5, 0.6) is 0 Å². The van der Waals surface area contributed by atoms with E-state index in [1.54, 1.807) is 12.1 Å². The van der Waals surface area contributed by atoms with Crippen LogP contribution in [0.3, 0.4) is 0 Å². The van der Waals surface area contributed by atoms with E-state index in [-0.39, 0.29) is 17.5 Å². The van der Waals surface area contributed by atoms with Crippen LogP contribution in [-0.4, -0.2) is 31.4 Å². The summed E-state index contributed by atoms with van der Waals surface area (Å²) in [5.41, 5.74) is 3.62. The molecule has 0 aliphatic heterocycles. The van der Waals surface area contributed by atoms with Crippen molar-refractivity contribution in [3.8, 4) is 22.6 Å². The molecule has 0 saturated carbocycles. The summed E-state index contributed by atoms with van der Waals surface area (Å²) in [4.78, 5) is 16.7. The van der Waals surface area contributed by atoms with Gasteiger partial charge in [-0.15, -0.1) is 21.5 Å². The Bertz CT molecular complexity index is 1190. The molecular weight excluding hydrogens is 421 g/mol. The number of thiazole rings is 1. The molecule has 0 spiro atoms. The molecule has 0 saturated heterocycles. The number of nitrogens with one attached hydrogen (secondary N) is 1. The smallest absolute Gasteiger partial charge is 0.236 e. The molecule has 0 atom stereocenters. The fourth-order valence-electron chi connectivity index (χ4n) is 2.87. The second kappa shape index (κ2) is 8.76. The summed E-state index contributed by atoms with van der Waals surface area (Å²) in [6.07, 6.45) is 0. The van der Waals surface area contributed by atoms with Crippen LogP contribution in [0.15, 0.2) is 59.1 Å². The molecule has 30 heavy (non-hydrogen) atoms. The number of benzene rings is 2. The van der Waals surface area contributed by atoms with Gasteiger partial charge in [0.2, 0.25) is 5.91 Å². The van der Waals surface area contributed by atoms with Crippen LogP contribution in [0.2, 0.25) is 0 Å². The summed E-state index contributed by atoms with van der Waals surface area (Å²) in [6.45, 7) is 2.03. The molecule has 1 amide bonds. The van der Waals surface area contributed by atoms with Crippen molar-refractivity contribution in [2.24, 2.45) is 7.05 Å². The summed E-state index contributed by atoms with van der Waals surface area (Å²) in [5.74, 6) is 0.472. The highest BCUT2D eigenvalue weighted by atomic mass is 32.2. The first kappa shape index (κ1) is 20.2. The highest BCUT2D eigenvalue weighted by molar-refractivity contribution is 7.99. The molecule has 2 heterocycles. The Morgan fingerprint density at radius 2 is 1.93 bits per heavy atom. The van der Waals surface area contributed by atoms with Gasteiger partial charge in [-0.05, 0) is 36.8 Å². The van der Waals surface area contributed by atoms with Crippen molar-refractivity contribution in [2.45, 2.75) is 12.1 Å². The van der Waals surface area contributed by atoms with Crippen LogP contribution < -0.4 is 5.32 Å². The summed E-state index contributed by atoms with van der Waals surface area (Å²) >= 11 is 2.64. The Kier molecular flexibility index (Phi) is 5.91. The third-order valence-electron chi connectivity index (χ3n) is 4.44. The number of anilines is 1. The van der Waals surface area contributed by atoms with Gasteiger partial charge in [-0.3, -0.25) is 4.79 Å². The van der Waals surface area contributed by atoms with Gasteiger partial charge in [0, 0.05) is 23.6 Å². The van der Waals surface area contributed by atoms with Crippen LogP contribution in [0.25, 0.3) is 22.6 Å². The normalized spacial score (nSPS) is 10.9. The maximum Gasteiger partial charge on any atom is 0.236 e. The number of hydrogen-bond donors (Lipinski definition) is 1. The van der Waals surface area contributed by atoms with E-state index in [9.17, 15) is 9.18 Å². The van der Waals surface area contributed by atoms with Gasteiger partial charge >= 0.3 is 0 Å². The monoisotopic (exact) mass is 439 g/mol. The lowest BCUT2D eigenvalue weighted by molar-refractivity contribution is -0.113. The zero-order chi connectivity index (χ0) is 21.1. The SMILES string of the molecule is Cc1ccccc1-c1nnc(SCC(=O)Nc2nc(-c3ccc(F)cc3)cs2)n1C. The first-order valence-electron chi connectivity index (χ1n) is 9.11. The van der Waals surface area contributed by atoms with Crippen molar-refractivity contribution < 1.29 is 9.18 Å². The minimum atomic E-state index is -0.297. The van der Waals surface area contributed by atoms with Crippen molar-refractivity contribution in [3.05, 3.63) is 65.3 Å². The third kappa shape index (κ3) is 4.42. The van der Waals surface area contributed by atoms with E-state index in [0.717, 1.165) is 22.5 Å². The number of aromatic nitrogens is 4. The first-order chi connectivity index (χ1) is 14.5. The average Bonchev–Trinajstić information content (AvgIpc) is 3.34. The molecule has 0 aliphatic rings. The number of amides is 1. The van der Waals surface area contributed by atoms with Crippen molar-refractivity contribution >= 4 is 34.1 Å². The number of halogens is 1. The largest absolute Gasteiger partial charge is 0.305 e. The molecule has 0 aliphatic carbocycles. The molecule has 6 nitrogen and oxygen atoms in total. The van der Waals surface area contributed by atoms with E-state index < -0.39 is 0 Å². The summed E-state index contributed by atoms with van der Waals surface area (Å²) in [7, 11) is 1.89. The van der Waals surface area contributed by atoms with E-state index in [2.05, 4.69) is 20.5 Å². The zero-order valence-electron chi connectivity index (χ0n) is 16.3. The molecule has 9 heteroatoms. The standard InChI is InChI=1S/C21H18FN5OS2/c1-13-5-3-4-6-16(13)19-25-26-21(27(19)2)30-12-18(28)24-20-23-17(11-29-20)14-7-9-15(22)10-8-14/h3-11H,12H2,1-2H3,(H,23,24,28). The lowest BCUT2D eigenvalue weighted by Gasteiger charge is -2.06. The highest BCUT2D eigenvalue weighted by Gasteiger charge is 2.15. The molecule has 0 fully saturated rings. The molecule has 0 bridgehead atoms. The predicted molar refractivity (Wildman–Crippen MR) is 118 cm³/mol. The molecular formula is C21H18FN5OS2. The van der Waals surface area contributed by atoms with Crippen molar-refractivity contribution in [1.29, 1.82) is 0 Å². The third-order valence-corrected chi connectivity index (χ3v) is 6.22. The summed E-state index contributed by atoms with van der Waals surface area (Å²) in [5, 5.41) is 14.3. The van der Waals surface area contributed by atoms with Crippen LogP contribution in [0, 0.1) is 12.7 Å². The van der Waals surface area contributed by atoms with Crippen molar-refractivity contribution in [1.82, 2.24) is 19.7 Å². The van der Waals surface area contributed by atoms with Gasteiger partial charge in [0.15, 0.2) is 16.1 Å². The van der Waals surface area contributed by atoms with Crippen molar-refractivity contribution in [2.75, 3.05) is 11.1 Å². The molecule has 0 radical (unpaired) electrons. The number of hydrogen-bond acceptors (Lipinski definition) is 6. The fourth-order valence-corrected chi connectivity index (χ4v) is 4.32. The van der Waals surface area contributed by atoms with Gasteiger partial charge in [-0.1, -0.05) is 36.0 Å². The van der Waals surface area contributed by atoms with Gasteiger partial charge in [0.25, 0.3) is 0 Å².